The molecule has 0 spiro atoms. The number of nitrogens with two attached hydrogens (primary N) is 1. The van der Waals surface area contributed by atoms with Crippen molar-refractivity contribution in [2.24, 2.45) is 5.73 Å². The Morgan fingerprint density at radius 1 is 0.571 bits per heavy atom. The van der Waals surface area contributed by atoms with Crippen LogP contribution in [-0.2, 0) is 37.5 Å². The lowest BCUT2D eigenvalue weighted by atomic mass is 10.1. The minimum absolute atomic E-state index is 0.0778. The van der Waals surface area contributed by atoms with Gasteiger partial charge in [0.05, 0.1) is 13.2 Å². The second-order valence-corrected chi connectivity index (χ2v) is 15.2. The molecule has 12 heteroatoms. The molecule has 0 saturated carbocycles. The lowest BCUT2D eigenvalue weighted by Crippen LogP contribution is -2.34. The number of ether oxygens (including phenoxy) is 2. The monoisotopic (exact) mass is 808 g/mol. The van der Waals surface area contributed by atoms with Gasteiger partial charge in [-0.25, -0.2) is 4.57 Å². The molecular formula is C44H74NO10P. The number of esters is 2. The summed E-state index contributed by atoms with van der Waals surface area (Å²) in [6.07, 6.45) is 45.5. The number of carbonyl (C=O) groups is 3. The van der Waals surface area contributed by atoms with Crippen molar-refractivity contribution >= 4 is 25.7 Å². The summed E-state index contributed by atoms with van der Waals surface area (Å²) in [5.74, 6) is -2.47. The maximum atomic E-state index is 12.6. The molecule has 320 valence electrons. The molecule has 4 N–H and O–H groups in total. The van der Waals surface area contributed by atoms with E-state index in [-0.39, 0.29) is 19.4 Å². The van der Waals surface area contributed by atoms with Gasteiger partial charge in [0.2, 0.25) is 0 Å². The van der Waals surface area contributed by atoms with E-state index in [1.165, 1.54) is 38.5 Å². The van der Waals surface area contributed by atoms with Crippen LogP contribution in [0.2, 0.25) is 0 Å². The molecule has 11 nitrogen and oxygen atoms in total. The lowest BCUT2D eigenvalue weighted by molar-refractivity contribution is -0.161. The van der Waals surface area contributed by atoms with Crippen LogP contribution >= 0.6 is 7.82 Å². The minimum Gasteiger partial charge on any atom is -0.480 e. The molecule has 0 aromatic heterocycles. The van der Waals surface area contributed by atoms with Gasteiger partial charge < -0.3 is 25.2 Å². The van der Waals surface area contributed by atoms with Crippen LogP contribution in [0.3, 0.4) is 0 Å². The number of phosphoric ester groups is 1. The van der Waals surface area contributed by atoms with Crippen LogP contribution in [0.25, 0.3) is 0 Å². The summed E-state index contributed by atoms with van der Waals surface area (Å²) in [6.45, 7) is 2.60. The fraction of sp³-hybridized carbons (Fsp3) is 0.659. The summed E-state index contributed by atoms with van der Waals surface area (Å²) in [6, 6.07) is -1.53. The number of hydrogen-bond donors (Lipinski definition) is 3. The zero-order valence-electron chi connectivity index (χ0n) is 34.4. The van der Waals surface area contributed by atoms with E-state index in [1.807, 2.05) is 12.2 Å². The Bertz CT molecular complexity index is 1230. The summed E-state index contributed by atoms with van der Waals surface area (Å²) in [5, 5.41) is 8.88. The van der Waals surface area contributed by atoms with Crippen LogP contribution in [0, 0.1) is 0 Å². The Kier molecular flexibility index (Phi) is 36.6. The first kappa shape index (κ1) is 52.9. The average molecular weight is 808 g/mol. The number of phosphoric acid groups is 1. The predicted octanol–water partition coefficient (Wildman–Crippen LogP) is 10.9. The van der Waals surface area contributed by atoms with Gasteiger partial charge >= 0.3 is 25.7 Å². The third kappa shape index (κ3) is 37.8. The maximum Gasteiger partial charge on any atom is 0.472 e. The molecule has 1 unspecified atom stereocenters. The summed E-state index contributed by atoms with van der Waals surface area (Å²) in [4.78, 5) is 45.9. The van der Waals surface area contributed by atoms with E-state index in [0.717, 1.165) is 70.6 Å². The number of allylic oxidation sites excluding steroid dienone is 12. The van der Waals surface area contributed by atoms with E-state index in [9.17, 15) is 23.8 Å². The van der Waals surface area contributed by atoms with Crippen LogP contribution in [0.15, 0.2) is 72.9 Å². The van der Waals surface area contributed by atoms with Gasteiger partial charge in [-0.3, -0.25) is 23.4 Å². The molecule has 0 radical (unpaired) electrons. The van der Waals surface area contributed by atoms with Crippen LogP contribution in [0.5, 0.6) is 0 Å². The van der Waals surface area contributed by atoms with Crippen molar-refractivity contribution in [2.75, 3.05) is 19.8 Å². The van der Waals surface area contributed by atoms with Gasteiger partial charge in [0.1, 0.15) is 12.6 Å². The van der Waals surface area contributed by atoms with Gasteiger partial charge in [-0.2, -0.15) is 0 Å². The molecule has 0 aliphatic heterocycles. The fourth-order valence-corrected chi connectivity index (χ4v) is 5.93. The molecule has 0 saturated heterocycles. The summed E-state index contributed by atoms with van der Waals surface area (Å²) < 4.78 is 32.6. The zero-order valence-corrected chi connectivity index (χ0v) is 35.3. The Morgan fingerprint density at radius 2 is 1.02 bits per heavy atom. The first-order chi connectivity index (χ1) is 27.1. The van der Waals surface area contributed by atoms with Crippen molar-refractivity contribution in [2.45, 2.75) is 167 Å². The highest BCUT2D eigenvalue weighted by molar-refractivity contribution is 7.47. The van der Waals surface area contributed by atoms with Gasteiger partial charge in [0, 0.05) is 12.8 Å². The SMILES string of the molecule is CC/C=C/C/C=C/C/C=C/C/C=C/C/C=C/CCCC(=O)O[C@H](COC(=O)CCCCCCC/C=C/CCCCCCCC)COP(=O)(O)OC[C@H](N)C(=O)O. The number of carbonyl (C=O) groups excluding carboxylic acids is 2. The number of unbranched alkanes of at least 4 members (excludes halogenated alkanes) is 12. The van der Waals surface area contributed by atoms with Crippen LogP contribution in [0.1, 0.15) is 155 Å². The number of aliphatic carboxylic acids is 1. The van der Waals surface area contributed by atoms with Gasteiger partial charge in [-0.1, -0.05) is 138 Å². The Labute approximate surface area is 338 Å². The molecule has 0 fully saturated rings. The van der Waals surface area contributed by atoms with E-state index >= 15 is 0 Å². The molecule has 0 aliphatic carbocycles. The number of rotatable bonds is 38. The van der Waals surface area contributed by atoms with Crippen molar-refractivity contribution in [3.05, 3.63) is 72.9 Å². The van der Waals surface area contributed by atoms with Crippen molar-refractivity contribution in [1.82, 2.24) is 0 Å². The molecule has 0 bridgehead atoms. The molecule has 3 atom stereocenters. The molecule has 0 aromatic carbocycles. The van der Waals surface area contributed by atoms with Crippen LogP contribution in [-0.4, -0.2) is 59.9 Å². The van der Waals surface area contributed by atoms with E-state index in [4.69, 9.17) is 24.8 Å². The minimum atomic E-state index is -4.74. The van der Waals surface area contributed by atoms with Crippen molar-refractivity contribution in [3.63, 3.8) is 0 Å². The molecule has 0 amide bonds. The first-order valence-corrected chi connectivity index (χ1v) is 22.5. The Morgan fingerprint density at radius 3 is 1.57 bits per heavy atom. The van der Waals surface area contributed by atoms with Gasteiger partial charge in [-0.05, 0) is 77.0 Å². The zero-order chi connectivity index (χ0) is 41.4. The molecule has 0 rings (SSSR count). The summed E-state index contributed by atoms with van der Waals surface area (Å²) in [5.41, 5.74) is 5.32. The van der Waals surface area contributed by atoms with Crippen molar-refractivity contribution < 1.29 is 47.5 Å². The highest BCUT2D eigenvalue weighted by atomic mass is 31.2. The fourth-order valence-electron chi connectivity index (χ4n) is 5.15. The second kappa shape index (κ2) is 38.8. The topological polar surface area (TPSA) is 172 Å². The molecule has 0 aliphatic rings. The standard InChI is InChI=1S/C44H74NO10P/c1-3-5-7-9-11-13-15-17-19-20-22-24-26-28-30-32-34-36-43(47)55-40(38-53-56(50,51)54-39-41(45)44(48)49)37-52-42(46)35-33-31-29-27-25-23-21-18-16-14-12-10-8-6-4-2/h5,7,11,13,17-19,21-22,24,28,30,40-41H,3-4,6,8-10,12,14-16,20,23,25-27,29,31-39,45H2,1-2H3,(H,48,49)(H,50,51)/b7-5+,13-11+,19-17+,21-18+,24-22+,30-28+/t40-,41+/m1/s1. The number of carboxylic acid groups (broad SMARTS) is 1. The second-order valence-electron chi connectivity index (χ2n) is 13.7. The molecule has 0 heterocycles. The third-order valence-corrected chi connectivity index (χ3v) is 9.39. The number of hydrogen-bond acceptors (Lipinski definition) is 9. The summed E-state index contributed by atoms with van der Waals surface area (Å²) in [7, 11) is -4.74. The van der Waals surface area contributed by atoms with E-state index in [0.29, 0.717) is 19.3 Å². The largest absolute Gasteiger partial charge is 0.480 e. The number of carboxylic acids is 1. The quantitative estimate of drug-likeness (QED) is 0.0235. The van der Waals surface area contributed by atoms with Gasteiger partial charge in [0.25, 0.3) is 0 Å². The first-order valence-electron chi connectivity index (χ1n) is 21.0. The van der Waals surface area contributed by atoms with Crippen molar-refractivity contribution in [3.8, 4) is 0 Å². The molecule has 56 heavy (non-hydrogen) atoms. The smallest absolute Gasteiger partial charge is 0.472 e. The Hall–Kier alpha value is -3.08. The van der Waals surface area contributed by atoms with E-state index in [2.05, 4.69) is 79.1 Å². The maximum absolute atomic E-state index is 12.6. The average Bonchev–Trinajstić information content (AvgIpc) is 3.17. The molecule has 0 aromatic rings. The van der Waals surface area contributed by atoms with Crippen LogP contribution < -0.4 is 5.73 Å². The highest BCUT2D eigenvalue weighted by Crippen LogP contribution is 2.43. The van der Waals surface area contributed by atoms with Crippen LogP contribution in [0.4, 0.5) is 0 Å². The Balaban J connectivity index is 4.52. The van der Waals surface area contributed by atoms with E-state index < -0.39 is 51.1 Å². The predicted molar refractivity (Wildman–Crippen MR) is 226 cm³/mol. The van der Waals surface area contributed by atoms with E-state index in [1.54, 1.807) is 0 Å². The lowest BCUT2D eigenvalue weighted by Gasteiger charge is -2.20. The summed E-state index contributed by atoms with van der Waals surface area (Å²) >= 11 is 0. The third-order valence-electron chi connectivity index (χ3n) is 8.44. The highest BCUT2D eigenvalue weighted by Gasteiger charge is 2.28. The van der Waals surface area contributed by atoms with Gasteiger partial charge in [0.15, 0.2) is 6.10 Å². The van der Waals surface area contributed by atoms with Gasteiger partial charge in [-0.15, -0.1) is 0 Å². The normalized spacial score (nSPS) is 14.5. The molecular weight excluding hydrogens is 733 g/mol. The van der Waals surface area contributed by atoms with Crippen molar-refractivity contribution in [1.29, 1.82) is 0 Å².